The molecule has 2 aromatic carbocycles. The summed E-state index contributed by atoms with van der Waals surface area (Å²) in [5.41, 5.74) is 3.23. The monoisotopic (exact) mass is 368 g/mol. The van der Waals surface area contributed by atoms with Crippen LogP contribution in [-0.4, -0.2) is 27.5 Å². The molecule has 0 atom stereocenters. The van der Waals surface area contributed by atoms with Gasteiger partial charge in [0.2, 0.25) is 0 Å². The van der Waals surface area contributed by atoms with E-state index in [0.717, 1.165) is 17.7 Å². The molecule has 0 saturated carbocycles. The van der Waals surface area contributed by atoms with Gasteiger partial charge in [0.1, 0.15) is 0 Å². The van der Waals surface area contributed by atoms with E-state index in [1.54, 1.807) is 24.5 Å². The summed E-state index contributed by atoms with van der Waals surface area (Å²) in [6.07, 6.45) is 5.48. The molecule has 134 valence electrons. The largest absolute Gasteiger partial charge is 0.334 e. The highest BCUT2D eigenvalue weighted by atomic mass is 35.5. The van der Waals surface area contributed by atoms with Gasteiger partial charge in [-0.2, -0.15) is 0 Å². The number of hydrogen-bond donors (Lipinski definition) is 1. The summed E-state index contributed by atoms with van der Waals surface area (Å²) in [5.74, 6) is 0. The van der Waals surface area contributed by atoms with Gasteiger partial charge in [-0.25, -0.2) is 9.78 Å². The first-order valence-electron chi connectivity index (χ1n) is 8.37. The molecule has 1 aromatic heterocycles. The lowest BCUT2D eigenvalue weighted by atomic mass is 10.1. The Labute approximate surface area is 158 Å². The molecule has 0 aliphatic rings. The van der Waals surface area contributed by atoms with Crippen molar-refractivity contribution in [1.29, 1.82) is 0 Å². The van der Waals surface area contributed by atoms with Gasteiger partial charge in [-0.15, -0.1) is 0 Å². The molecule has 0 radical (unpaired) electrons. The van der Waals surface area contributed by atoms with Gasteiger partial charge < -0.3 is 14.8 Å². The van der Waals surface area contributed by atoms with E-state index in [9.17, 15) is 4.79 Å². The maximum atomic E-state index is 12.3. The zero-order chi connectivity index (χ0) is 18.4. The Balaban J connectivity index is 1.53. The maximum Gasteiger partial charge on any atom is 0.317 e. The average Bonchev–Trinajstić information content (AvgIpc) is 3.13. The number of halogens is 1. The van der Waals surface area contributed by atoms with Crippen LogP contribution in [0.15, 0.2) is 67.3 Å². The molecule has 3 aromatic rings. The van der Waals surface area contributed by atoms with E-state index in [1.165, 1.54) is 5.56 Å². The van der Waals surface area contributed by atoms with Crippen molar-refractivity contribution in [3.05, 3.63) is 89.0 Å². The number of hydrogen-bond acceptors (Lipinski definition) is 2. The highest BCUT2D eigenvalue weighted by molar-refractivity contribution is 6.30. The first-order chi connectivity index (χ1) is 12.6. The van der Waals surface area contributed by atoms with Gasteiger partial charge in [-0.1, -0.05) is 48.0 Å². The number of rotatable bonds is 6. The second-order valence-electron chi connectivity index (χ2n) is 6.20. The Kier molecular flexibility index (Phi) is 5.92. The predicted molar refractivity (Wildman–Crippen MR) is 103 cm³/mol. The topological polar surface area (TPSA) is 50.2 Å². The van der Waals surface area contributed by atoms with E-state index < -0.39 is 0 Å². The lowest BCUT2D eigenvalue weighted by Crippen LogP contribution is -2.36. The number of imidazole rings is 1. The molecular formula is C20H21ClN4O. The summed E-state index contributed by atoms with van der Waals surface area (Å²) in [4.78, 5) is 18.0. The third-order valence-corrected chi connectivity index (χ3v) is 4.25. The number of nitrogens with zero attached hydrogens (tertiary/aromatic N) is 3. The molecule has 3 rings (SSSR count). The van der Waals surface area contributed by atoms with Crippen LogP contribution < -0.4 is 5.32 Å². The number of amides is 2. The number of urea groups is 1. The normalized spacial score (nSPS) is 10.5. The highest BCUT2D eigenvalue weighted by Gasteiger charge is 2.09. The SMILES string of the molecule is CN(Cc1cccc(Cl)c1)C(=O)NCc1cccc(Cn2ccnc2)c1. The average molecular weight is 369 g/mol. The number of carbonyl (C=O) groups excluding carboxylic acids is 1. The minimum absolute atomic E-state index is 0.120. The van der Waals surface area contributed by atoms with Crippen LogP contribution in [0.2, 0.25) is 5.02 Å². The van der Waals surface area contributed by atoms with Crippen molar-refractivity contribution in [3.8, 4) is 0 Å². The van der Waals surface area contributed by atoms with Crippen LogP contribution >= 0.6 is 11.6 Å². The Morgan fingerprint density at radius 1 is 1.15 bits per heavy atom. The summed E-state index contributed by atoms with van der Waals surface area (Å²) in [7, 11) is 1.77. The fourth-order valence-electron chi connectivity index (χ4n) is 2.72. The third-order valence-electron chi connectivity index (χ3n) is 4.01. The van der Waals surface area contributed by atoms with Crippen LogP contribution in [0, 0.1) is 0 Å². The van der Waals surface area contributed by atoms with Crippen LogP contribution in [0.1, 0.15) is 16.7 Å². The van der Waals surface area contributed by atoms with Gasteiger partial charge in [0.25, 0.3) is 0 Å². The lowest BCUT2D eigenvalue weighted by Gasteiger charge is -2.18. The van der Waals surface area contributed by atoms with Gasteiger partial charge in [-0.05, 0) is 28.8 Å². The van der Waals surface area contributed by atoms with Crippen molar-refractivity contribution in [1.82, 2.24) is 19.8 Å². The molecule has 0 aliphatic carbocycles. The van der Waals surface area contributed by atoms with Crippen LogP contribution in [0.4, 0.5) is 4.79 Å². The van der Waals surface area contributed by atoms with Crippen molar-refractivity contribution in [3.63, 3.8) is 0 Å². The number of nitrogens with one attached hydrogen (secondary N) is 1. The second kappa shape index (κ2) is 8.54. The molecule has 6 heteroatoms. The molecule has 0 spiro atoms. The predicted octanol–water partition coefficient (Wildman–Crippen LogP) is 3.93. The van der Waals surface area contributed by atoms with Gasteiger partial charge >= 0.3 is 6.03 Å². The zero-order valence-electron chi connectivity index (χ0n) is 14.6. The quantitative estimate of drug-likeness (QED) is 0.716. The van der Waals surface area contributed by atoms with Crippen molar-refractivity contribution >= 4 is 17.6 Å². The molecule has 0 unspecified atom stereocenters. The third kappa shape index (κ3) is 5.10. The summed E-state index contributed by atoms with van der Waals surface area (Å²) >= 11 is 5.99. The molecule has 0 bridgehead atoms. The zero-order valence-corrected chi connectivity index (χ0v) is 15.4. The Hall–Kier alpha value is -2.79. The standard InChI is InChI=1S/C20H21ClN4O/c1-24(13-18-6-3-7-19(21)11-18)20(26)23-12-16-4-2-5-17(10-16)14-25-9-8-22-15-25/h2-11,15H,12-14H2,1H3,(H,23,26). The van der Waals surface area contributed by atoms with Crippen molar-refractivity contribution in [2.45, 2.75) is 19.6 Å². The smallest absolute Gasteiger partial charge is 0.317 e. The molecule has 26 heavy (non-hydrogen) atoms. The van der Waals surface area contributed by atoms with Crippen LogP contribution in [0.5, 0.6) is 0 Å². The van der Waals surface area contributed by atoms with Gasteiger partial charge in [-0.3, -0.25) is 0 Å². The molecule has 1 N–H and O–H groups in total. The van der Waals surface area contributed by atoms with Gasteiger partial charge in [0.15, 0.2) is 0 Å². The summed E-state index contributed by atoms with van der Waals surface area (Å²) < 4.78 is 2.01. The molecule has 1 heterocycles. The molecule has 0 saturated heterocycles. The minimum Gasteiger partial charge on any atom is -0.334 e. The molecule has 5 nitrogen and oxygen atoms in total. The van der Waals surface area contributed by atoms with Crippen LogP contribution in [0.25, 0.3) is 0 Å². The van der Waals surface area contributed by atoms with E-state index in [2.05, 4.69) is 22.4 Å². The minimum atomic E-state index is -0.120. The highest BCUT2D eigenvalue weighted by Crippen LogP contribution is 2.12. The Bertz CT molecular complexity index is 864. The fraction of sp³-hybridized carbons (Fsp3) is 0.200. The first-order valence-corrected chi connectivity index (χ1v) is 8.75. The number of carbonyl (C=O) groups is 1. The molecule has 2 amide bonds. The maximum absolute atomic E-state index is 12.3. The Morgan fingerprint density at radius 2 is 1.92 bits per heavy atom. The van der Waals surface area contributed by atoms with Crippen LogP contribution in [-0.2, 0) is 19.6 Å². The second-order valence-corrected chi connectivity index (χ2v) is 6.64. The number of aromatic nitrogens is 2. The summed E-state index contributed by atoms with van der Waals surface area (Å²) in [5, 5.41) is 3.63. The molecule has 0 aliphatic heterocycles. The van der Waals surface area contributed by atoms with Crippen LogP contribution in [0.3, 0.4) is 0 Å². The van der Waals surface area contributed by atoms with Crippen molar-refractivity contribution in [2.24, 2.45) is 0 Å². The molecule has 0 fully saturated rings. The Morgan fingerprint density at radius 3 is 2.69 bits per heavy atom. The lowest BCUT2D eigenvalue weighted by molar-refractivity contribution is 0.206. The molecular weight excluding hydrogens is 348 g/mol. The number of benzene rings is 2. The van der Waals surface area contributed by atoms with E-state index in [0.29, 0.717) is 18.1 Å². The summed E-state index contributed by atoms with van der Waals surface area (Å²) in [6.45, 7) is 1.75. The fourth-order valence-corrected chi connectivity index (χ4v) is 2.94. The van der Waals surface area contributed by atoms with Gasteiger partial charge in [0.05, 0.1) is 6.33 Å². The van der Waals surface area contributed by atoms with E-state index in [-0.39, 0.29) is 6.03 Å². The van der Waals surface area contributed by atoms with Crippen molar-refractivity contribution in [2.75, 3.05) is 7.05 Å². The summed E-state index contributed by atoms with van der Waals surface area (Å²) in [6, 6.07) is 15.6. The van der Waals surface area contributed by atoms with Crippen molar-refractivity contribution < 1.29 is 4.79 Å². The first kappa shape index (κ1) is 18.0. The van der Waals surface area contributed by atoms with Gasteiger partial charge in [0, 0.05) is 44.1 Å². The van der Waals surface area contributed by atoms with E-state index in [1.807, 2.05) is 47.2 Å². The van der Waals surface area contributed by atoms with E-state index in [4.69, 9.17) is 11.6 Å². The van der Waals surface area contributed by atoms with E-state index >= 15 is 0 Å².